The number of nitrogens with one attached hydrogen (secondary N) is 1. The predicted octanol–water partition coefficient (Wildman–Crippen LogP) is 1.66. The van der Waals surface area contributed by atoms with Crippen molar-refractivity contribution in [3.05, 3.63) is 0 Å². The number of carbonyl (C=O) groups excluding carboxylic acids is 1. The molecule has 4 unspecified atom stereocenters. The Morgan fingerprint density at radius 1 is 1.50 bits per heavy atom. The summed E-state index contributed by atoms with van der Waals surface area (Å²) in [6.45, 7) is 0. The van der Waals surface area contributed by atoms with Gasteiger partial charge in [-0.15, -0.1) is 11.6 Å². The minimum atomic E-state index is -0.872. The fourth-order valence-electron chi connectivity index (χ4n) is 2.55. The van der Waals surface area contributed by atoms with Gasteiger partial charge in [0.2, 0.25) is 0 Å². The lowest BCUT2D eigenvalue weighted by Gasteiger charge is -2.40. The lowest BCUT2D eigenvalue weighted by Crippen LogP contribution is -2.58. The van der Waals surface area contributed by atoms with Crippen molar-refractivity contribution >= 4 is 17.4 Å². The van der Waals surface area contributed by atoms with Crippen molar-refractivity contribution in [2.75, 3.05) is 5.88 Å². The van der Waals surface area contributed by atoms with E-state index in [9.17, 15) is 9.18 Å². The van der Waals surface area contributed by atoms with Gasteiger partial charge in [0.05, 0.1) is 0 Å². The second-order valence-corrected chi connectivity index (χ2v) is 4.58. The molecule has 1 N–H and O–H groups in total. The van der Waals surface area contributed by atoms with Gasteiger partial charge >= 0.3 is 0 Å². The van der Waals surface area contributed by atoms with Crippen LogP contribution in [0.25, 0.3) is 0 Å². The maximum atomic E-state index is 13.5. The molecule has 0 bridgehead atoms. The zero-order valence-corrected chi connectivity index (χ0v) is 8.77. The number of carbonyl (C=O) groups is 1. The van der Waals surface area contributed by atoms with Crippen LogP contribution in [0, 0.1) is 5.92 Å². The van der Waals surface area contributed by atoms with Crippen LogP contribution in [-0.4, -0.2) is 29.9 Å². The molecule has 1 saturated heterocycles. The van der Waals surface area contributed by atoms with Crippen LogP contribution in [0.3, 0.4) is 0 Å². The number of rotatable bonds is 1. The Kier molecular flexibility index (Phi) is 3.07. The third-order valence-corrected chi connectivity index (χ3v) is 3.67. The third kappa shape index (κ3) is 1.80. The highest BCUT2D eigenvalue weighted by molar-refractivity contribution is 6.18. The summed E-state index contributed by atoms with van der Waals surface area (Å²) in [7, 11) is 0. The smallest absolute Gasteiger partial charge is 0.139 e. The molecule has 0 aromatic rings. The largest absolute Gasteiger partial charge is 0.306 e. The van der Waals surface area contributed by atoms with Crippen molar-refractivity contribution < 1.29 is 9.18 Å². The molecule has 1 aliphatic heterocycles. The van der Waals surface area contributed by atoms with Crippen molar-refractivity contribution in [1.29, 1.82) is 0 Å². The van der Waals surface area contributed by atoms with E-state index in [-0.39, 0.29) is 23.8 Å². The molecule has 80 valence electrons. The molecule has 0 radical (unpaired) electrons. The van der Waals surface area contributed by atoms with E-state index in [4.69, 9.17) is 11.6 Å². The van der Waals surface area contributed by atoms with E-state index in [1.807, 2.05) is 0 Å². The van der Waals surface area contributed by atoms with E-state index < -0.39 is 6.17 Å². The summed E-state index contributed by atoms with van der Waals surface area (Å²) in [6.07, 6.45) is 1.85. The molecule has 4 heteroatoms. The summed E-state index contributed by atoms with van der Waals surface area (Å²) >= 11 is 5.69. The molecular weight excluding hydrogens is 205 g/mol. The summed E-state index contributed by atoms with van der Waals surface area (Å²) in [6, 6.07) is -0.296. The lowest BCUT2D eigenvalue weighted by atomic mass is 9.76. The van der Waals surface area contributed by atoms with Crippen LogP contribution in [0.15, 0.2) is 0 Å². The first-order chi connectivity index (χ1) is 6.72. The molecule has 0 spiro atoms. The molecule has 2 rings (SSSR count). The van der Waals surface area contributed by atoms with Crippen molar-refractivity contribution in [3.8, 4) is 0 Å². The van der Waals surface area contributed by atoms with Gasteiger partial charge in [0, 0.05) is 30.3 Å². The summed E-state index contributed by atoms with van der Waals surface area (Å²) in [5, 5.41) is 3.16. The van der Waals surface area contributed by atoms with Gasteiger partial charge in [-0.2, -0.15) is 0 Å². The highest BCUT2D eigenvalue weighted by atomic mass is 35.5. The minimum absolute atomic E-state index is 0.0261. The van der Waals surface area contributed by atoms with Gasteiger partial charge in [0.1, 0.15) is 12.0 Å². The van der Waals surface area contributed by atoms with Crippen LogP contribution in [0.1, 0.15) is 25.7 Å². The zero-order valence-electron chi connectivity index (χ0n) is 8.01. The van der Waals surface area contributed by atoms with Crippen LogP contribution in [-0.2, 0) is 4.79 Å². The first-order valence-electron chi connectivity index (χ1n) is 5.21. The van der Waals surface area contributed by atoms with E-state index in [1.165, 1.54) is 0 Å². The van der Waals surface area contributed by atoms with E-state index in [2.05, 4.69) is 5.32 Å². The van der Waals surface area contributed by atoms with Gasteiger partial charge in [-0.1, -0.05) is 0 Å². The van der Waals surface area contributed by atoms with Crippen molar-refractivity contribution in [2.24, 2.45) is 5.92 Å². The van der Waals surface area contributed by atoms with E-state index in [1.54, 1.807) is 0 Å². The Morgan fingerprint density at radius 3 is 3.00 bits per heavy atom. The molecule has 0 amide bonds. The standard InChI is InChI=1S/C10H15ClFNO/c11-5-6-4-9(14)7-2-1-3-8(12)10(7)13-6/h6-8,10,13H,1-5H2. The summed E-state index contributed by atoms with van der Waals surface area (Å²) in [5.74, 6) is 0.488. The van der Waals surface area contributed by atoms with Crippen LogP contribution in [0.4, 0.5) is 4.39 Å². The fraction of sp³-hybridized carbons (Fsp3) is 0.900. The molecule has 0 aromatic heterocycles. The molecular formula is C10H15ClFNO. The van der Waals surface area contributed by atoms with Gasteiger partial charge in [-0.25, -0.2) is 4.39 Å². The molecule has 2 aliphatic rings. The van der Waals surface area contributed by atoms with Crippen molar-refractivity contribution in [2.45, 2.75) is 43.9 Å². The number of piperidine rings is 1. The highest BCUT2D eigenvalue weighted by Crippen LogP contribution is 2.32. The van der Waals surface area contributed by atoms with Crippen LogP contribution < -0.4 is 5.32 Å². The number of alkyl halides is 2. The summed E-state index contributed by atoms with van der Waals surface area (Å²) in [4.78, 5) is 11.7. The Balaban J connectivity index is 2.09. The van der Waals surface area contributed by atoms with Gasteiger partial charge < -0.3 is 5.32 Å². The summed E-state index contributed by atoms with van der Waals surface area (Å²) in [5.41, 5.74) is 0. The molecule has 1 heterocycles. The Labute approximate surface area is 88.2 Å². The van der Waals surface area contributed by atoms with Crippen molar-refractivity contribution in [1.82, 2.24) is 5.32 Å². The average molecular weight is 220 g/mol. The number of halogens is 2. The average Bonchev–Trinajstić information content (AvgIpc) is 2.19. The van der Waals surface area contributed by atoms with Gasteiger partial charge in [-0.3, -0.25) is 4.79 Å². The second-order valence-electron chi connectivity index (χ2n) is 4.27. The van der Waals surface area contributed by atoms with E-state index >= 15 is 0 Å². The number of fused-ring (bicyclic) bond motifs is 1. The van der Waals surface area contributed by atoms with Crippen molar-refractivity contribution in [3.63, 3.8) is 0 Å². The topological polar surface area (TPSA) is 29.1 Å². The first kappa shape index (κ1) is 10.4. The van der Waals surface area contributed by atoms with Gasteiger partial charge in [-0.05, 0) is 19.3 Å². The maximum absolute atomic E-state index is 13.5. The van der Waals surface area contributed by atoms with Crippen LogP contribution >= 0.6 is 11.6 Å². The minimum Gasteiger partial charge on any atom is -0.306 e. The highest BCUT2D eigenvalue weighted by Gasteiger charge is 2.42. The quantitative estimate of drug-likeness (QED) is 0.680. The molecule has 2 nitrogen and oxygen atoms in total. The molecule has 4 atom stereocenters. The van der Waals surface area contributed by atoms with E-state index in [0.29, 0.717) is 18.7 Å². The first-order valence-corrected chi connectivity index (χ1v) is 5.74. The van der Waals surface area contributed by atoms with Crippen LogP contribution in [0.2, 0.25) is 0 Å². The molecule has 14 heavy (non-hydrogen) atoms. The SMILES string of the molecule is O=C1CC(CCl)NC2C(F)CCCC12. The molecule has 1 saturated carbocycles. The number of hydrogen-bond donors (Lipinski definition) is 1. The number of Topliss-reactive ketones (excluding diaryl/α,β-unsaturated/α-hetero) is 1. The Hall–Kier alpha value is -0.150. The molecule has 1 aliphatic carbocycles. The van der Waals surface area contributed by atoms with Gasteiger partial charge in [0.15, 0.2) is 0 Å². The second kappa shape index (κ2) is 4.15. The van der Waals surface area contributed by atoms with E-state index in [0.717, 1.165) is 12.8 Å². The Morgan fingerprint density at radius 2 is 2.29 bits per heavy atom. The normalized spacial score (nSPS) is 43.4. The third-order valence-electron chi connectivity index (χ3n) is 3.29. The fourth-order valence-corrected chi connectivity index (χ4v) is 2.75. The summed E-state index contributed by atoms with van der Waals surface area (Å²) < 4.78 is 13.5. The zero-order chi connectivity index (χ0) is 10.1. The van der Waals surface area contributed by atoms with Crippen LogP contribution in [0.5, 0.6) is 0 Å². The maximum Gasteiger partial charge on any atom is 0.139 e. The lowest BCUT2D eigenvalue weighted by molar-refractivity contribution is -0.128. The Bertz CT molecular complexity index is 236. The molecule has 2 fully saturated rings. The number of ketones is 1. The van der Waals surface area contributed by atoms with Gasteiger partial charge in [0.25, 0.3) is 0 Å². The monoisotopic (exact) mass is 219 g/mol. The number of hydrogen-bond acceptors (Lipinski definition) is 2. The molecule has 0 aromatic carbocycles. The predicted molar refractivity (Wildman–Crippen MR) is 53.3 cm³/mol.